The fourth-order valence-electron chi connectivity index (χ4n) is 3.27. The monoisotopic (exact) mass is 290 g/mol. The van der Waals surface area contributed by atoms with Gasteiger partial charge < -0.3 is 10.2 Å². The standard InChI is InChI=1S/C16H19FN2O2/c1-11-3-2-4-12(14(11)17)15(21)19-7-5-16(6-8-19)9-13(20)18-10-16/h2-4H,5-10H2,1H3,(H,18,20). The van der Waals surface area contributed by atoms with E-state index in [1.54, 1.807) is 24.0 Å². The first-order valence-electron chi connectivity index (χ1n) is 7.32. The van der Waals surface area contributed by atoms with Gasteiger partial charge in [-0.2, -0.15) is 0 Å². The normalized spacial score (nSPS) is 20.7. The third-order valence-electron chi connectivity index (χ3n) is 4.73. The molecular formula is C16H19FN2O2. The van der Waals surface area contributed by atoms with Crippen molar-refractivity contribution in [1.82, 2.24) is 10.2 Å². The highest BCUT2D eigenvalue weighted by atomic mass is 19.1. The minimum atomic E-state index is -0.430. The van der Waals surface area contributed by atoms with Crippen LogP contribution in [0.1, 0.15) is 35.2 Å². The largest absolute Gasteiger partial charge is 0.356 e. The number of amides is 2. The maximum Gasteiger partial charge on any atom is 0.256 e. The van der Waals surface area contributed by atoms with Crippen molar-refractivity contribution in [2.24, 2.45) is 5.41 Å². The second-order valence-electron chi connectivity index (χ2n) is 6.18. The SMILES string of the molecule is Cc1cccc(C(=O)N2CCC3(CC2)CNC(=O)C3)c1F. The molecule has 0 aliphatic carbocycles. The average molecular weight is 290 g/mol. The van der Waals surface area contributed by atoms with Crippen LogP contribution in [0.25, 0.3) is 0 Å². The number of halogens is 1. The molecule has 4 nitrogen and oxygen atoms in total. The van der Waals surface area contributed by atoms with Crippen molar-refractivity contribution < 1.29 is 14.0 Å². The van der Waals surface area contributed by atoms with E-state index in [4.69, 9.17) is 0 Å². The molecule has 5 heteroatoms. The van der Waals surface area contributed by atoms with Gasteiger partial charge >= 0.3 is 0 Å². The van der Waals surface area contributed by atoms with Gasteiger partial charge in [-0.15, -0.1) is 0 Å². The van der Waals surface area contributed by atoms with Crippen LogP contribution in [0, 0.1) is 18.2 Å². The van der Waals surface area contributed by atoms with E-state index in [9.17, 15) is 14.0 Å². The van der Waals surface area contributed by atoms with E-state index in [2.05, 4.69) is 5.32 Å². The number of carbonyl (C=O) groups excluding carboxylic acids is 2. The van der Waals surface area contributed by atoms with Crippen LogP contribution in [0.3, 0.4) is 0 Å². The van der Waals surface area contributed by atoms with Crippen LogP contribution in [-0.4, -0.2) is 36.3 Å². The molecule has 0 saturated carbocycles. The number of hydrogen-bond acceptors (Lipinski definition) is 2. The summed E-state index contributed by atoms with van der Waals surface area (Å²) in [6.07, 6.45) is 2.14. The minimum absolute atomic E-state index is 0.000980. The summed E-state index contributed by atoms with van der Waals surface area (Å²) >= 11 is 0. The molecule has 21 heavy (non-hydrogen) atoms. The molecule has 2 heterocycles. The molecule has 112 valence electrons. The van der Waals surface area contributed by atoms with E-state index in [1.165, 1.54) is 6.07 Å². The number of aryl methyl sites for hydroxylation is 1. The lowest BCUT2D eigenvalue weighted by Crippen LogP contribution is -2.44. The van der Waals surface area contributed by atoms with Gasteiger partial charge in [0, 0.05) is 26.1 Å². The number of rotatable bonds is 1. The van der Waals surface area contributed by atoms with Crippen LogP contribution in [-0.2, 0) is 4.79 Å². The average Bonchev–Trinajstić information content (AvgIpc) is 2.83. The Kier molecular flexibility index (Phi) is 3.43. The Morgan fingerprint density at radius 2 is 2.05 bits per heavy atom. The number of piperidine rings is 1. The number of benzene rings is 1. The third kappa shape index (κ3) is 2.52. The van der Waals surface area contributed by atoms with Crippen molar-refractivity contribution in [2.45, 2.75) is 26.2 Å². The molecule has 2 fully saturated rings. The lowest BCUT2D eigenvalue weighted by atomic mass is 9.77. The fourth-order valence-corrected chi connectivity index (χ4v) is 3.27. The van der Waals surface area contributed by atoms with Crippen molar-refractivity contribution >= 4 is 11.8 Å². The first-order valence-corrected chi connectivity index (χ1v) is 7.32. The van der Waals surface area contributed by atoms with Crippen molar-refractivity contribution in [2.75, 3.05) is 19.6 Å². The van der Waals surface area contributed by atoms with Gasteiger partial charge in [-0.3, -0.25) is 9.59 Å². The Hall–Kier alpha value is -1.91. The number of nitrogens with zero attached hydrogens (tertiary/aromatic N) is 1. The quantitative estimate of drug-likeness (QED) is 0.858. The molecule has 0 bridgehead atoms. The van der Waals surface area contributed by atoms with E-state index in [0.29, 0.717) is 31.6 Å². The van der Waals surface area contributed by atoms with E-state index in [1.807, 2.05) is 0 Å². The third-order valence-corrected chi connectivity index (χ3v) is 4.73. The molecule has 2 aliphatic heterocycles. The zero-order valence-electron chi connectivity index (χ0n) is 12.1. The molecule has 0 unspecified atom stereocenters. The van der Waals surface area contributed by atoms with Gasteiger partial charge in [0.15, 0.2) is 0 Å². The number of hydrogen-bond donors (Lipinski definition) is 1. The Balaban J connectivity index is 1.71. The Morgan fingerprint density at radius 3 is 2.67 bits per heavy atom. The van der Waals surface area contributed by atoms with Crippen molar-refractivity contribution in [3.63, 3.8) is 0 Å². The van der Waals surface area contributed by atoms with Crippen LogP contribution in [0.4, 0.5) is 4.39 Å². The summed E-state index contributed by atoms with van der Waals surface area (Å²) in [6, 6.07) is 4.90. The van der Waals surface area contributed by atoms with Gasteiger partial charge in [0.25, 0.3) is 5.91 Å². The smallest absolute Gasteiger partial charge is 0.256 e. The van der Waals surface area contributed by atoms with Crippen LogP contribution >= 0.6 is 0 Å². The number of likely N-dealkylation sites (tertiary alicyclic amines) is 1. The van der Waals surface area contributed by atoms with Crippen molar-refractivity contribution in [3.05, 3.63) is 35.1 Å². The van der Waals surface area contributed by atoms with Gasteiger partial charge in [0.1, 0.15) is 5.82 Å². The van der Waals surface area contributed by atoms with Gasteiger partial charge in [-0.25, -0.2) is 4.39 Å². The summed E-state index contributed by atoms with van der Waals surface area (Å²) in [5.41, 5.74) is 0.630. The number of nitrogens with one attached hydrogen (secondary N) is 1. The predicted octanol–water partition coefficient (Wildman–Crippen LogP) is 1.88. The molecule has 1 N–H and O–H groups in total. The van der Waals surface area contributed by atoms with E-state index >= 15 is 0 Å². The van der Waals surface area contributed by atoms with Crippen LogP contribution in [0.5, 0.6) is 0 Å². The molecule has 2 saturated heterocycles. The van der Waals surface area contributed by atoms with Gasteiger partial charge in [-0.1, -0.05) is 12.1 Å². The Bertz CT molecular complexity index is 592. The molecule has 2 amide bonds. The highest BCUT2D eigenvalue weighted by molar-refractivity contribution is 5.94. The highest BCUT2D eigenvalue weighted by Crippen LogP contribution is 2.37. The minimum Gasteiger partial charge on any atom is -0.356 e. The Morgan fingerprint density at radius 1 is 1.33 bits per heavy atom. The molecule has 1 aromatic carbocycles. The Labute approximate surface area is 123 Å². The van der Waals surface area contributed by atoms with Gasteiger partial charge in [-0.05, 0) is 36.8 Å². The summed E-state index contributed by atoms with van der Waals surface area (Å²) in [6.45, 7) is 3.53. The molecule has 2 aliphatic rings. The molecule has 1 aromatic rings. The van der Waals surface area contributed by atoms with Gasteiger partial charge in [0.2, 0.25) is 5.91 Å². The second-order valence-corrected chi connectivity index (χ2v) is 6.18. The molecule has 1 spiro atoms. The zero-order chi connectivity index (χ0) is 15.0. The lowest BCUT2D eigenvalue weighted by Gasteiger charge is -2.38. The summed E-state index contributed by atoms with van der Waals surface area (Å²) in [5.74, 6) is -0.580. The summed E-state index contributed by atoms with van der Waals surface area (Å²) in [4.78, 5) is 25.5. The first-order chi connectivity index (χ1) is 10.0. The van der Waals surface area contributed by atoms with Crippen LogP contribution in [0.2, 0.25) is 0 Å². The lowest BCUT2D eigenvalue weighted by molar-refractivity contribution is -0.119. The summed E-state index contributed by atoms with van der Waals surface area (Å²) < 4.78 is 14.1. The van der Waals surface area contributed by atoms with Crippen molar-refractivity contribution in [3.8, 4) is 0 Å². The zero-order valence-corrected chi connectivity index (χ0v) is 12.1. The predicted molar refractivity (Wildman–Crippen MR) is 76.3 cm³/mol. The molecule has 0 aromatic heterocycles. The van der Waals surface area contributed by atoms with E-state index in [-0.39, 0.29) is 22.8 Å². The molecular weight excluding hydrogens is 271 g/mol. The van der Waals surface area contributed by atoms with E-state index < -0.39 is 5.82 Å². The number of carbonyl (C=O) groups is 2. The van der Waals surface area contributed by atoms with Crippen molar-refractivity contribution in [1.29, 1.82) is 0 Å². The molecule has 3 rings (SSSR count). The van der Waals surface area contributed by atoms with E-state index in [0.717, 1.165) is 12.8 Å². The van der Waals surface area contributed by atoms with Gasteiger partial charge in [0.05, 0.1) is 5.56 Å². The summed E-state index contributed by atoms with van der Waals surface area (Å²) in [7, 11) is 0. The van der Waals surface area contributed by atoms with Crippen LogP contribution < -0.4 is 5.32 Å². The topological polar surface area (TPSA) is 49.4 Å². The fraction of sp³-hybridized carbons (Fsp3) is 0.500. The maximum atomic E-state index is 14.1. The first kappa shape index (κ1) is 14.0. The maximum absolute atomic E-state index is 14.1. The highest BCUT2D eigenvalue weighted by Gasteiger charge is 2.41. The summed E-state index contributed by atoms with van der Waals surface area (Å²) in [5, 5.41) is 2.87. The molecule has 0 radical (unpaired) electrons. The molecule has 0 atom stereocenters. The second kappa shape index (κ2) is 5.13. The van der Waals surface area contributed by atoms with Crippen LogP contribution in [0.15, 0.2) is 18.2 Å².